The molecule has 0 N–H and O–H groups in total. The Kier molecular flexibility index (Phi) is 15.2. The molecule has 0 aliphatic heterocycles. The average Bonchev–Trinajstić information content (AvgIpc) is 2.70. The molecule has 0 heterocycles. The Morgan fingerprint density at radius 3 is 2.04 bits per heavy atom. The lowest BCUT2D eigenvalue weighted by molar-refractivity contribution is -0.285. The van der Waals surface area contributed by atoms with E-state index in [1.54, 1.807) is 26.4 Å². The van der Waals surface area contributed by atoms with Crippen molar-refractivity contribution in [2.45, 2.75) is 103 Å². The first-order valence-corrected chi connectivity index (χ1v) is 11.1. The van der Waals surface area contributed by atoms with Gasteiger partial charge in [-0.25, -0.2) is 4.39 Å². The van der Waals surface area contributed by atoms with E-state index < -0.39 is 6.48 Å². The van der Waals surface area contributed by atoms with E-state index in [2.05, 4.69) is 6.92 Å². The molecule has 1 unspecified atom stereocenters. The summed E-state index contributed by atoms with van der Waals surface area (Å²) in [7, 11) is 3.23. The largest absolute Gasteiger partial charge is 0.333 e. The zero-order valence-electron chi connectivity index (χ0n) is 18.3. The molecule has 0 aliphatic rings. The van der Waals surface area contributed by atoms with E-state index in [0.717, 1.165) is 44.1 Å². The molecule has 28 heavy (non-hydrogen) atoms. The van der Waals surface area contributed by atoms with Crippen LogP contribution in [0.2, 0.25) is 0 Å². The van der Waals surface area contributed by atoms with Crippen molar-refractivity contribution in [2.24, 2.45) is 0 Å². The summed E-state index contributed by atoms with van der Waals surface area (Å²) >= 11 is 0. The van der Waals surface area contributed by atoms with Crippen molar-refractivity contribution in [3.05, 3.63) is 35.6 Å². The predicted molar refractivity (Wildman–Crippen MR) is 114 cm³/mol. The maximum absolute atomic E-state index is 13.2. The van der Waals surface area contributed by atoms with Crippen molar-refractivity contribution in [3.8, 4) is 0 Å². The Balaban J connectivity index is 2.21. The maximum Gasteiger partial charge on any atom is 0.271 e. The Morgan fingerprint density at radius 1 is 0.821 bits per heavy atom. The normalized spacial score (nSPS) is 12.6. The van der Waals surface area contributed by atoms with E-state index in [-0.39, 0.29) is 11.9 Å². The molecule has 0 radical (unpaired) electrons. The van der Waals surface area contributed by atoms with Gasteiger partial charge >= 0.3 is 0 Å². The summed E-state index contributed by atoms with van der Waals surface area (Å²) < 4.78 is 29.6. The summed E-state index contributed by atoms with van der Waals surface area (Å²) in [5.41, 5.74) is 1.09. The van der Waals surface area contributed by atoms with Gasteiger partial charge < -0.3 is 14.2 Å². The monoisotopic (exact) mass is 396 g/mol. The van der Waals surface area contributed by atoms with E-state index in [1.807, 2.05) is 6.07 Å². The first-order valence-electron chi connectivity index (χ1n) is 11.1. The standard InChI is InChI=1S/C24H41FO3/c1-4-5-6-7-8-12-18-23(28-24(26-2)27-3)19-13-10-9-11-15-21-16-14-17-22(25)20-21/h14,16-17,20,23-24H,4-13,15,18-19H2,1-3H3. The highest BCUT2D eigenvalue weighted by Crippen LogP contribution is 2.18. The lowest BCUT2D eigenvalue weighted by atomic mass is 10.0. The summed E-state index contributed by atoms with van der Waals surface area (Å²) in [5.74, 6) is -0.141. The highest BCUT2D eigenvalue weighted by molar-refractivity contribution is 5.16. The second-order valence-corrected chi connectivity index (χ2v) is 7.66. The molecule has 0 saturated heterocycles. The number of rotatable bonds is 18. The number of hydrogen-bond donors (Lipinski definition) is 0. The van der Waals surface area contributed by atoms with Crippen LogP contribution in [0.25, 0.3) is 0 Å². The SMILES string of the molecule is CCCCCCCCC(CCCCCCc1cccc(F)c1)OC(OC)OC. The van der Waals surface area contributed by atoms with Gasteiger partial charge in [-0.15, -0.1) is 0 Å². The molecule has 0 aliphatic carbocycles. The van der Waals surface area contributed by atoms with Gasteiger partial charge in [-0.05, 0) is 43.4 Å². The molecule has 4 heteroatoms. The first-order chi connectivity index (χ1) is 13.7. The number of unbranched alkanes of at least 4 members (excludes halogenated alkanes) is 8. The van der Waals surface area contributed by atoms with Crippen LogP contribution < -0.4 is 0 Å². The average molecular weight is 397 g/mol. The molecule has 0 amide bonds. The van der Waals surface area contributed by atoms with Crippen LogP contribution in [0.4, 0.5) is 4.39 Å². The Labute approximate surface area is 172 Å². The first kappa shape index (κ1) is 25.1. The molecule has 1 rings (SSSR count). The summed E-state index contributed by atoms with van der Waals surface area (Å²) in [6, 6.07) is 6.93. The summed E-state index contributed by atoms with van der Waals surface area (Å²) in [4.78, 5) is 0. The molecular formula is C24H41FO3. The second kappa shape index (κ2) is 16.9. The Hall–Kier alpha value is -0.970. The van der Waals surface area contributed by atoms with E-state index in [1.165, 1.54) is 51.0 Å². The van der Waals surface area contributed by atoms with Crippen LogP contribution in [0.1, 0.15) is 89.5 Å². The molecule has 0 bridgehead atoms. The number of hydrogen-bond acceptors (Lipinski definition) is 3. The molecule has 0 fully saturated rings. The summed E-state index contributed by atoms with van der Waals surface area (Å²) in [6.07, 6.45) is 15.6. The fraction of sp³-hybridized carbons (Fsp3) is 0.750. The molecule has 1 atom stereocenters. The fourth-order valence-electron chi connectivity index (χ4n) is 3.54. The second-order valence-electron chi connectivity index (χ2n) is 7.66. The van der Waals surface area contributed by atoms with Gasteiger partial charge in [-0.1, -0.05) is 76.8 Å². The number of methoxy groups -OCH3 is 2. The molecular weight excluding hydrogens is 355 g/mol. The third-order valence-corrected chi connectivity index (χ3v) is 5.20. The van der Waals surface area contributed by atoms with Gasteiger partial charge in [0.15, 0.2) is 0 Å². The van der Waals surface area contributed by atoms with Gasteiger partial charge in [0.25, 0.3) is 6.48 Å². The van der Waals surface area contributed by atoms with Gasteiger partial charge in [0.05, 0.1) is 6.10 Å². The van der Waals surface area contributed by atoms with E-state index in [4.69, 9.17) is 14.2 Å². The molecule has 162 valence electrons. The maximum atomic E-state index is 13.2. The van der Waals surface area contributed by atoms with Gasteiger partial charge in [0, 0.05) is 14.2 Å². The number of halogens is 1. The smallest absolute Gasteiger partial charge is 0.271 e. The molecule has 0 aromatic heterocycles. The minimum atomic E-state index is -0.571. The quantitative estimate of drug-likeness (QED) is 0.197. The highest BCUT2D eigenvalue weighted by Gasteiger charge is 2.15. The van der Waals surface area contributed by atoms with E-state index in [9.17, 15) is 4.39 Å². The van der Waals surface area contributed by atoms with Crippen LogP contribution in [0, 0.1) is 5.82 Å². The zero-order valence-corrected chi connectivity index (χ0v) is 18.3. The minimum Gasteiger partial charge on any atom is -0.333 e. The Bertz CT molecular complexity index is 477. The number of aryl methyl sites for hydroxylation is 1. The molecule has 1 aromatic rings. The third-order valence-electron chi connectivity index (χ3n) is 5.20. The van der Waals surface area contributed by atoms with E-state index >= 15 is 0 Å². The van der Waals surface area contributed by atoms with Gasteiger partial charge in [0.1, 0.15) is 5.82 Å². The van der Waals surface area contributed by atoms with Crippen molar-refractivity contribution >= 4 is 0 Å². The van der Waals surface area contributed by atoms with Crippen LogP contribution in [-0.4, -0.2) is 26.8 Å². The Morgan fingerprint density at radius 2 is 1.43 bits per heavy atom. The molecule has 0 spiro atoms. The number of benzene rings is 1. The van der Waals surface area contributed by atoms with Crippen LogP contribution in [0.15, 0.2) is 24.3 Å². The van der Waals surface area contributed by atoms with Crippen molar-refractivity contribution in [1.29, 1.82) is 0 Å². The van der Waals surface area contributed by atoms with Gasteiger partial charge in [-0.3, -0.25) is 0 Å². The summed E-state index contributed by atoms with van der Waals surface area (Å²) in [6.45, 7) is 1.68. The summed E-state index contributed by atoms with van der Waals surface area (Å²) in [5, 5.41) is 0. The van der Waals surface area contributed by atoms with Crippen molar-refractivity contribution in [2.75, 3.05) is 14.2 Å². The molecule has 1 aromatic carbocycles. The van der Waals surface area contributed by atoms with Crippen LogP contribution in [0.5, 0.6) is 0 Å². The third kappa shape index (κ3) is 12.5. The fourth-order valence-corrected chi connectivity index (χ4v) is 3.54. The zero-order chi connectivity index (χ0) is 20.5. The molecule has 0 saturated carbocycles. The van der Waals surface area contributed by atoms with Crippen molar-refractivity contribution in [3.63, 3.8) is 0 Å². The minimum absolute atomic E-state index is 0.141. The van der Waals surface area contributed by atoms with Gasteiger partial charge in [-0.2, -0.15) is 0 Å². The van der Waals surface area contributed by atoms with Crippen LogP contribution in [0.3, 0.4) is 0 Å². The highest BCUT2D eigenvalue weighted by atomic mass is 19.1. The van der Waals surface area contributed by atoms with E-state index in [0.29, 0.717) is 0 Å². The topological polar surface area (TPSA) is 27.7 Å². The predicted octanol–water partition coefficient (Wildman–Crippen LogP) is 7.03. The van der Waals surface area contributed by atoms with Crippen LogP contribution in [-0.2, 0) is 20.6 Å². The lowest BCUT2D eigenvalue weighted by Crippen LogP contribution is -2.25. The van der Waals surface area contributed by atoms with Crippen LogP contribution >= 0.6 is 0 Å². The van der Waals surface area contributed by atoms with Crippen molar-refractivity contribution in [1.82, 2.24) is 0 Å². The molecule has 3 nitrogen and oxygen atoms in total. The van der Waals surface area contributed by atoms with Crippen molar-refractivity contribution < 1.29 is 18.6 Å². The lowest BCUT2D eigenvalue weighted by Gasteiger charge is -2.23. The number of ether oxygens (including phenoxy) is 3. The van der Waals surface area contributed by atoms with Gasteiger partial charge in [0.2, 0.25) is 0 Å².